The van der Waals surface area contributed by atoms with E-state index in [1.807, 2.05) is 36.4 Å². The van der Waals surface area contributed by atoms with Crippen molar-refractivity contribution in [1.82, 2.24) is 0 Å². The summed E-state index contributed by atoms with van der Waals surface area (Å²) in [6.07, 6.45) is 2.72. The van der Waals surface area contributed by atoms with Crippen molar-refractivity contribution in [3.05, 3.63) is 77.4 Å². The summed E-state index contributed by atoms with van der Waals surface area (Å²) < 4.78 is 0.644. The second-order valence-electron chi connectivity index (χ2n) is 4.09. The Labute approximate surface area is 119 Å². The monoisotopic (exact) mass is 270 g/mol. The largest absolute Gasteiger partial charge is 0.131 e. The number of rotatable bonds is 4. The summed E-state index contributed by atoms with van der Waals surface area (Å²) in [6.45, 7) is 3.79. The van der Waals surface area contributed by atoms with E-state index in [2.05, 4.69) is 37.4 Å². The fourth-order valence-corrected chi connectivity index (χ4v) is 2.35. The molecule has 2 heteroatoms. The van der Waals surface area contributed by atoms with Crippen LogP contribution in [-0.2, 0) is 6.42 Å². The van der Waals surface area contributed by atoms with E-state index in [-0.39, 0.29) is 0 Å². The van der Waals surface area contributed by atoms with E-state index in [0.717, 1.165) is 17.5 Å². The standard InChI is InChI=1S/C16H14S2/c1-2-12-6-5-7-13(10-12)11-14-8-3-4-9-15(14)16(17)18/h2-10H,1,11H2,(H,17,18). The summed E-state index contributed by atoms with van der Waals surface area (Å²) in [5, 5.41) is 0. The van der Waals surface area contributed by atoms with Gasteiger partial charge in [-0.25, -0.2) is 0 Å². The topological polar surface area (TPSA) is 0 Å². The van der Waals surface area contributed by atoms with Crippen LogP contribution in [0.2, 0.25) is 0 Å². The van der Waals surface area contributed by atoms with E-state index in [1.54, 1.807) is 0 Å². The smallest absolute Gasteiger partial charge is 0.0750 e. The second-order valence-corrected chi connectivity index (χ2v) is 5.25. The molecule has 0 fully saturated rings. The summed E-state index contributed by atoms with van der Waals surface area (Å²) in [6, 6.07) is 16.5. The van der Waals surface area contributed by atoms with E-state index in [4.69, 9.17) is 12.2 Å². The van der Waals surface area contributed by atoms with Crippen LogP contribution in [0, 0.1) is 0 Å². The molecule has 0 nitrogen and oxygen atoms in total. The highest BCUT2D eigenvalue weighted by atomic mass is 32.1. The number of thiocarbonyl (C=S) groups is 1. The third kappa shape index (κ3) is 3.09. The van der Waals surface area contributed by atoms with Gasteiger partial charge < -0.3 is 0 Å². The van der Waals surface area contributed by atoms with Gasteiger partial charge in [0, 0.05) is 5.56 Å². The molecule has 0 saturated carbocycles. The Morgan fingerprint density at radius 1 is 1.17 bits per heavy atom. The lowest BCUT2D eigenvalue weighted by atomic mass is 9.99. The number of hydrogen-bond donors (Lipinski definition) is 1. The van der Waals surface area contributed by atoms with Crippen molar-refractivity contribution in [2.45, 2.75) is 6.42 Å². The van der Waals surface area contributed by atoms with Gasteiger partial charge in [-0.3, -0.25) is 0 Å². The highest BCUT2D eigenvalue weighted by Crippen LogP contribution is 2.18. The van der Waals surface area contributed by atoms with Crippen LogP contribution >= 0.6 is 24.8 Å². The van der Waals surface area contributed by atoms with Gasteiger partial charge in [-0.1, -0.05) is 73.4 Å². The zero-order valence-electron chi connectivity index (χ0n) is 9.97. The molecule has 2 rings (SSSR count). The Morgan fingerprint density at radius 2 is 1.94 bits per heavy atom. The van der Waals surface area contributed by atoms with Gasteiger partial charge in [-0.2, -0.15) is 0 Å². The van der Waals surface area contributed by atoms with Crippen LogP contribution in [0.4, 0.5) is 0 Å². The maximum absolute atomic E-state index is 5.16. The molecule has 0 aliphatic rings. The van der Waals surface area contributed by atoms with Crippen molar-refractivity contribution in [3.63, 3.8) is 0 Å². The zero-order valence-corrected chi connectivity index (χ0v) is 11.7. The third-order valence-corrected chi connectivity index (χ3v) is 3.29. The Hall–Kier alpha value is -1.38. The molecule has 0 saturated heterocycles. The molecule has 0 unspecified atom stereocenters. The lowest BCUT2D eigenvalue weighted by Crippen LogP contribution is -1.97. The molecule has 2 aromatic rings. The van der Waals surface area contributed by atoms with E-state index < -0.39 is 0 Å². The molecule has 0 N–H and O–H groups in total. The first-order chi connectivity index (χ1) is 8.70. The minimum atomic E-state index is 0.644. The lowest BCUT2D eigenvalue weighted by Gasteiger charge is -2.08. The normalized spacial score (nSPS) is 10.1. The molecule has 0 radical (unpaired) electrons. The van der Waals surface area contributed by atoms with Crippen LogP contribution in [0.25, 0.3) is 6.08 Å². The quantitative estimate of drug-likeness (QED) is 0.629. The summed E-state index contributed by atoms with van der Waals surface area (Å²) in [7, 11) is 0. The average Bonchev–Trinajstić information content (AvgIpc) is 2.39. The molecule has 0 bridgehead atoms. The van der Waals surface area contributed by atoms with Crippen molar-refractivity contribution in [2.24, 2.45) is 0 Å². The second kappa shape index (κ2) is 5.98. The first-order valence-electron chi connectivity index (χ1n) is 5.73. The maximum Gasteiger partial charge on any atom is 0.0750 e. The Morgan fingerprint density at radius 3 is 2.67 bits per heavy atom. The Balaban J connectivity index is 2.33. The van der Waals surface area contributed by atoms with Crippen LogP contribution in [-0.4, -0.2) is 4.20 Å². The van der Waals surface area contributed by atoms with Gasteiger partial charge in [0.15, 0.2) is 0 Å². The van der Waals surface area contributed by atoms with Crippen LogP contribution in [0.5, 0.6) is 0 Å². The number of benzene rings is 2. The van der Waals surface area contributed by atoms with Gasteiger partial charge in [0.1, 0.15) is 0 Å². The van der Waals surface area contributed by atoms with Crippen LogP contribution in [0.15, 0.2) is 55.1 Å². The summed E-state index contributed by atoms with van der Waals surface area (Å²) in [5.41, 5.74) is 4.64. The zero-order chi connectivity index (χ0) is 13.0. The first kappa shape index (κ1) is 13.1. The molecular weight excluding hydrogens is 256 g/mol. The maximum atomic E-state index is 5.16. The van der Waals surface area contributed by atoms with Gasteiger partial charge in [0.25, 0.3) is 0 Å². The SMILES string of the molecule is C=Cc1cccc(Cc2ccccc2C(=S)S)c1. The molecule has 0 aromatic heterocycles. The molecule has 0 atom stereocenters. The Kier molecular flexibility index (Phi) is 4.34. The summed E-state index contributed by atoms with van der Waals surface area (Å²) in [4.78, 5) is 0. The molecule has 90 valence electrons. The minimum Gasteiger partial charge on any atom is -0.131 e. The van der Waals surface area contributed by atoms with Crippen molar-refractivity contribution in [2.75, 3.05) is 0 Å². The highest BCUT2D eigenvalue weighted by molar-refractivity contribution is 8.11. The van der Waals surface area contributed by atoms with Crippen molar-refractivity contribution in [1.29, 1.82) is 0 Å². The van der Waals surface area contributed by atoms with Gasteiger partial charge >= 0.3 is 0 Å². The number of thiol groups is 1. The van der Waals surface area contributed by atoms with E-state index in [1.165, 1.54) is 11.1 Å². The molecule has 0 aliphatic carbocycles. The van der Waals surface area contributed by atoms with Gasteiger partial charge in [0.2, 0.25) is 0 Å². The van der Waals surface area contributed by atoms with Gasteiger partial charge in [0.05, 0.1) is 4.20 Å². The molecule has 2 aromatic carbocycles. The predicted octanol–water partition coefficient (Wildman–Crippen LogP) is 4.53. The third-order valence-electron chi connectivity index (χ3n) is 2.83. The molecule has 0 heterocycles. The summed E-state index contributed by atoms with van der Waals surface area (Å²) >= 11 is 9.44. The van der Waals surface area contributed by atoms with Gasteiger partial charge in [-0.05, 0) is 23.1 Å². The van der Waals surface area contributed by atoms with Crippen molar-refractivity contribution < 1.29 is 0 Å². The molecule has 18 heavy (non-hydrogen) atoms. The Bertz CT molecular complexity index is 585. The van der Waals surface area contributed by atoms with E-state index in [0.29, 0.717) is 4.20 Å². The van der Waals surface area contributed by atoms with Crippen molar-refractivity contribution in [3.8, 4) is 0 Å². The van der Waals surface area contributed by atoms with Crippen LogP contribution in [0.1, 0.15) is 22.3 Å². The minimum absolute atomic E-state index is 0.644. The lowest BCUT2D eigenvalue weighted by molar-refractivity contribution is 1.19. The summed E-state index contributed by atoms with van der Waals surface area (Å²) in [5.74, 6) is 0. The fraction of sp³-hybridized carbons (Fsp3) is 0.0625. The van der Waals surface area contributed by atoms with Gasteiger partial charge in [-0.15, -0.1) is 12.6 Å². The first-order valence-corrected chi connectivity index (χ1v) is 6.59. The predicted molar refractivity (Wildman–Crippen MR) is 86.5 cm³/mol. The molecule has 0 amide bonds. The fourth-order valence-electron chi connectivity index (χ4n) is 1.93. The van der Waals surface area contributed by atoms with Crippen molar-refractivity contribution >= 4 is 35.1 Å². The van der Waals surface area contributed by atoms with E-state index in [9.17, 15) is 0 Å². The molecule has 0 spiro atoms. The van der Waals surface area contributed by atoms with Crippen LogP contribution < -0.4 is 0 Å². The van der Waals surface area contributed by atoms with E-state index >= 15 is 0 Å². The molecule has 0 aliphatic heterocycles. The average molecular weight is 270 g/mol. The highest BCUT2D eigenvalue weighted by Gasteiger charge is 2.05. The molecular formula is C16H14S2. The number of hydrogen-bond acceptors (Lipinski definition) is 1. The van der Waals surface area contributed by atoms with Crippen LogP contribution in [0.3, 0.4) is 0 Å².